The van der Waals surface area contributed by atoms with Gasteiger partial charge in [-0.2, -0.15) is 0 Å². The Morgan fingerprint density at radius 2 is 1.88 bits per heavy atom. The lowest BCUT2D eigenvalue weighted by Crippen LogP contribution is -2.30. The second-order valence-electron chi connectivity index (χ2n) is 6.24. The van der Waals surface area contributed by atoms with Crippen LogP contribution >= 0.6 is 15.9 Å². The molecule has 1 saturated heterocycles. The van der Waals surface area contributed by atoms with Crippen LogP contribution in [0.5, 0.6) is 0 Å². The first-order valence-corrected chi connectivity index (χ1v) is 9.16. The van der Waals surface area contributed by atoms with Gasteiger partial charge in [0.2, 0.25) is 0 Å². The number of esters is 1. The molecule has 0 saturated carbocycles. The molecule has 2 aromatic carbocycles. The van der Waals surface area contributed by atoms with Crippen LogP contribution in [0.25, 0.3) is 0 Å². The fourth-order valence-electron chi connectivity index (χ4n) is 3.23. The molecule has 0 N–H and O–H groups in total. The van der Waals surface area contributed by atoms with Crippen molar-refractivity contribution in [3.05, 3.63) is 70.2 Å². The molecule has 1 amide bonds. The van der Waals surface area contributed by atoms with Crippen LogP contribution < -0.4 is 0 Å². The van der Waals surface area contributed by atoms with Crippen LogP contribution in [0.2, 0.25) is 0 Å². The number of nitrogens with zero attached hydrogens (tertiary/aromatic N) is 1. The van der Waals surface area contributed by atoms with E-state index < -0.39 is 12.0 Å². The second-order valence-corrected chi connectivity index (χ2v) is 7.15. The van der Waals surface area contributed by atoms with Gasteiger partial charge < -0.3 is 14.4 Å². The molecule has 0 bridgehead atoms. The Hall–Kier alpha value is -2.34. The zero-order valence-corrected chi connectivity index (χ0v) is 16.0. The number of hydrogen-bond donors (Lipinski definition) is 0. The van der Waals surface area contributed by atoms with Gasteiger partial charge in [-0.15, -0.1) is 0 Å². The Balaban J connectivity index is 1.71. The van der Waals surface area contributed by atoms with Crippen LogP contribution in [0, 0.1) is 5.92 Å². The molecule has 2 aromatic rings. The summed E-state index contributed by atoms with van der Waals surface area (Å²) in [5, 5.41) is 0. The molecule has 1 aliphatic heterocycles. The van der Waals surface area contributed by atoms with E-state index >= 15 is 0 Å². The molecule has 2 atom stereocenters. The first kappa shape index (κ1) is 18.5. The number of carbonyl (C=O) groups is 2. The van der Waals surface area contributed by atoms with E-state index in [1.165, 1.54) is 7.11 Å². The van der Waals surface area contributed by atoms with E-state index in [9.17, 15) is 9.59 Å². The van der Waals surface area contributed by atoms with Gasteiger partial charge in [0, 0.05) is 23.5 Å². The summed E-state index contributed by atoms with van der Waals surface area (Å²) in [6.45, 7) is 0.919. The highest BCUT2D eigenvalue weighted by Crippen LogP contribution is 2.35. The SMILES string of the molecule is COC(=O)[C@@H]1CN(C(=O)OCc2ccccc2)C[C@H]1c1cccc(Br)c1. The summed E-state index contributed by atoms with van der Waals surface area (Å²) in [6.07, 6.45) is -0.416. The second kappa shape index (κ2) is 8.36. The van der Waals surface area contributed by atoms with Gasteiger partial charge in [-0.3, -0.25) is 4.79 Å². The monoisotopic (exact) mass is 417 g/mol. The molecule has 136 valence electrons. The first-order chi connectivity index (χ1) is 12.6. The van der Waals surface area contributed by atoms with Crippen molar-refractivity contribution in [2.45, 2.75) is 12.5 Å². The Labute approximate surface area is 161 Å². The topological polar surface area (TPSA) is 55.8 Å². The maximum Gasteiger partial charge on any atom is 0.410 e. The highest BCUT2D eigenvalue weighted by atomic mass is 79.9. The van der Waals surface area contributed by atoms with Crippen molar-refractivity contribution in [1.82, 2.24) is 4.90 Å². The van der Waals surface area contributed by atoms with E-state index in [2.05, 4.69) is 15.9 Å². The van der Waals surface area contributed by atoms with Crippen molar-refractivity contribution in [3.8, 4) is 0 Å². The minimum absolute atomic E-state index is 0.121. The van der Waals surface area contributed by atoms with Gasteiger partial charge in [0.15, 0.2) is 0 Å². The summed E-state index contributed by atoms with van der Waals surface area (Å²) in [5.74, 6) is -0.837. The minimum atomic E-state index is -0.416. The van der Waals surface area contributed by atoms with Crippen molar-refractivity contribution in [2.24, 2.45) is 5.92 Å². The summed E-state index contributed by atoms with van der Waals surface area (Å²) < 4.78 is 11.3. The molecular formula is C20H20BrNO4. The van der Waals surface area contributed by atoms with Gasteiger partial charge >= 0.3 is 12.1 Å². The zero-order chi connectivity index (χ0) is 18.5. The molecule has 1 aliphatic rings. The summed E-state index contributed by atoms with van der Waals surface area (Å²) >= 11 is 3.46. The van der Waals surface area contributed by atoms with Crippen molar-refractivity contribution in [1.29, 1.82) is 0 Å². The molecular weight excluding hydrogens is 398 g/mol. The Morgan fingerprint density at radius 1 is 1.12 bits per heavy atom. The van der Waals surface area contributed by atoms with Gasteiger partial charge in [0.05, 0.1) is 13.0 Å². The molecule has 0 aromatic heterocycles. The predicted molar refractivity (Wildman–Crippen MR) is 101 cm³/mol. The average molecular weight is 418 g/mol. The Bertz CT molecular complexity index is 780. The molecule has 1 heterocycles. The van der Waals surface area contributed by atoms with Crippen LogP contribution in [0.4, 0.5) is 4.79 Å². The Morgan fingerprint density at radius 3 is 2.58 bits per heavy atom. The maximum atomic E-state index is 12.5. The summed E-state index contributed by atoms with van der Waals surface area (Å²) in [4.78, 5) is 26.3. The average Bonchev–Trinajstić information content (AvgIpc) is 3.12. The molecule has 26 heavy (non-hydrogen) atoms. The summed E-state index contributed by atoms with van der Waals surface area (Å²) in [7, 11) is 1.37. The van der Waals surface area contributed by atoms with Gasteiger partial charge in [-0.25, -0.2) is 4.79 Å². The maximum absolute atomic E-state index is 12.5. The third-order valence-corrected chi connectivity index (χ3v) is 5.06. The fraction of sp³-hybridized carbons (Fsp3) is 0.300. The van der Waals surface area contributed by atoms with Gasteiger partial charge in [-0.1, -0.05) is 58.4 Å². The highest BCUT2D eigenvalue weighted by molar-refractivity contribution is 9.10. The lowest BCUT2D eigenvalue weighted by atomic mass is 9.89. The van der Waals surface area contributed by atoms with E-state index in [1.807, 2.05) is 54.6 Å². The number of methoxy groups -OCH3 is 1. The quantitative estimate of drug-likeness (QED) is 0.706. The third-order valence-electron chi connectivity index (χ3n) is 4.56. The van der Waals surface area contributed by atoms with Crippen molar-refractivity contribution >= 4 is 28.0 Å². The zero-order valence-electron chi connectivity index (χ0n) is 14.4. The number of ether oxygens (including phenoxy) is 2. The number of hydrogen-bond acceptors (Lipinski definition) is 4. The van der Waals surface area contributed by atoms with E-state index in [0.717, 1.165) is 15.6 Å². The lowest BCUT2D eigenvalue weighted by molar-refractivity contribution is -0.145. The standard InChI is InChI=1S/C20H20BrNO4/c1-25-19(23)18-12-22(11-17(18)15-8-5-9-16(21)10-15)20(24)26-13-14-6-3-2-4-7-14/h2-10,17-18H,11-13H2,1H3/t17-,18+/m0/s1. The number of amides is 1. The Kier molecular flexibility index (Phi) is 5.93. The van der Waals surface area contributed by atoms with Gasteiger partial charge in [0.25, 0.3) is 0 Å². The largest absolute Gasteiger partial charge is 0.469 e. The molecule has 6 heteroatoms. The predicted octanol–water partition coefficient (Wildman–Crippen LogP) is 3.97. The van der Waals surface area contributed by atoms with E-state index in [1.54, 1.807) is 4.90 Å². The molecule has 0 aliphatic carbocycles. The normalized spacial score (nSPS) is 19.2. The molecule has 0 radical (unpaired) electrons. The van der Waals surface area contributed by atoms with Crippen LogP contribution in [0.3, 0.4) is 0 Å². The number of rotatable bonds is 4. The lowest BCUT2D eigenvalue weighted by Gasteiger charge is -2.17. The van der Waals surface area contributed by atoms with Crippen molar-refractivity contribution in [2.75, 3.05) is 20.2 Å². The first-order valence-electron chi connectivity index (χ1n) is 8.37. The molecule has 0 unspecified atom stereocenters. The van der Waals surface area contributed by atoms with E-state index in [0.29, 0.717) is 6.54 Å². The van der Waals surface area contributed by atoms with Crippen LogP contribution in [0.15, 0.2) is 59.1 Å². The van der Waals surface area contributed by atoms with Crippen molar-refractivity contribution < 1.29 is 19.1 Å². The smallest absolute Gasteiger partial charge is 0.410 e. The van der Waals surface area contributed by atoms with E-state index in [4.69, 9.17) is 9.47 Å². The molecule has 3 rings (SSSR count). The van der Waals surface area contributed by atoms with E-state index in [-0.39, 0.29) is 25.0 Å². The third kappa shape index (κ3) is 4.25. The molecule has 1 fully saturated rings. The van der Waals surface area contributed by atoms with Crippen LogP contribution in [0.1, 0.15) is 17.0 Å². The summed E-state index contributed by atoms with van der Waals surface area (Å²) in [5.41, 5.74) is 1.92. The van der Waals surface area contributed by atoms with Gasteiger partial charge in [-0.05, 0) is 23.3 Å². The van der Waals surface area contributed by atoms with Gasteiger partial charge in [0.1, 0.15) is 6.61 Å². The number of likely N-dealkylation sites (tertiary alicyclic amines) is 1. The number of benzene rings is 2. The van der Waals surface area contributed by atoms with Crippen LogP contribution in [-0.2, 0) is 20.9 Å². The molecule has 0 spiro atoms. The highest BCUT2D eigenvalue weighted by Gasteiger charge is 2.41. The molecule has 5 nitrogen and oxygen atoms in total. The minimum Gasteiger partial charge on any atom is -0.469 e. The van der Waals surface area contributed by atoms with Crippen LogP contribution in [-0.4, -0.2) is 37.2 Å². The summed E-state index contributed by atoms with van der Waals surface area (Å²) in [6, 6.07) is 17.3. The number of halogens is 1. The fourth-order valence-corrected chi connectivity index (χ4v) is 3.65. The van der Waals surface area contributed by atoms with Crippen molar-refractivity contribution in [3.63, 3.8) is 0 Å². The number of carbonyl (C=O) groups excluding carboxylic acids is 2.